The van der Waals surface area contributed by atoms with Crippen molar-refractivity contribution in [2.24, 2.45) is 0 Å². The van der Waals surface area contributed by atoms with E-state index in [0.717, 1.165) is 29.8 Å². The summed E-state index contributed by atoms with van der Waals surface area (Å²) in [6.45, 7) is 1.78. The van der Waals surface area contributed by atoms with Crippen LogP contribution in [-0.2, 0) is 10.2 Å². The summed E-state index contributed by atoms with van der Waals surface area (Å²) in [6, 6.07) is 11.7. The van der Waals surface area contributed by atoms with Gasteiger partial charge < -0.3 is 24.8 Å². The van der Waals surface area contributed by atoms with E-state index in [1.165, 1.54) is 0 Å². The molecule has 1 spiro atoms. The van der Waals surface area contributed by atoms with Crippen molar-refractivity contribution in [3.63, 3.8) is 0 Å². The van der Waals surface area contributed by atoms with Crippen molar-refractivity contribution in [3.05, 3.63) is 47.5 Å². The number of para-hydroxylation sites is 1. The van der Waals surface area contributed by atoms with E-state index in [-0.39, 0.29) is 11.9 Å². The molecule has 0 aliphatic carbocycles. The molecule has 3 heterocycles. The van der Waals surface area contributed by atoms with Crippen molar-refractivity contribution in [3.8, 4) is 17.2 Å². The van der Waals surface area contributed by atoms with Crippen LogP contribution in [0.25, 0.3) is 0 Å². The summed E-state index contributed by atoms with van der Waals surface area (Å²) in [5.74, 6) is 1.97. The Morgan fingerprint density at radius 1 is 1.19 bits per heavy atom. The highest BCUT2D eigenvalue weighted by Crippen LogP contribution is 2.53. The minimum atomic E-state index is -0.620. The van der Waals surface area contributed by atoms with E-state index in [1.54, 1.807) is 7.11 Å². The van der Waals surface area contributed by atoms with Gasteiger partial charge >= 0.3 is 0 Å². The van der Waals surface area contributed by atoms with Crippen molar-refractivity contribution in [1.82, 2.24) is 5.32 Å². The maximum atomic E-state index is 13.0. The first-order valence-corrected chi connectivity index (χ1v) is 8.86. The molecule has 3 aliphatic rings. The molecule has 0 unspecified atom stereocenters. The minimum Gasteiger partial charge on any atom is -0.493 e. The topological polar surface area (TPSA) is 68.8 Å². The number of nitrogens with one attached hydrogen (secondary N) is 2. The third-order valence-electron chi connectivity index (χ3n) is 5.61. The Bertz CT molecular complexity index is 880. The standard InChI is InChI=1S/C20H20N2O4/c1-24-15-10-12(11-16-17(15)26-9-8-25-16)18-20(6-7-21-18)13-4-2-3-5-14(13)22-19(20)23/h2-5,10-11,18,21H,6-9H2,1H3,(H,22,23)/t18-,20+/m1/s1. The van der Waals surface area contributed by atoms with E-state index in [2.05, 4.69) is 10.6 Å². The minimum absolute atomic E-state index is 0.0440. The van der Waals surface area contributed by atoms with Crippen LogP contribution in [0, 0.1) is 0 Å². The van der Waals surface area contributed by atoms with E-state index in [1.807, 2.05) is 36.4 Å². The molecular formula is C20H20N2O4. The average Bonchev–Trinajstić information content (AvgIpc) is 3.24. The molecule has 2 atom stereocenters. The van der Waals surface area contributed by atoms with Crippen LogP contribution in [-0.4, -0.2) is 32.8 Å². The van der Waals surface area contributed by atoms with E-state index in [9.17, 15) is 4.79 Å². The van der Waals surface area contributed by atoms with Gasteiger partial charge in [-0.25, -0.2) is 0 Å². The maximum absolute atomic E-state index is 13.0. The van der Waals surface area contributed by atoms with Crippen LogP contribution in [0.15, 0.2) is 36.4 Å². The zero-order valence-corrected chi connectivity index (χ0v) is 14.5. The summed E-state index contributed by atoms with van der Waals surface area (Å²) in [6.07, 6.45) is 0.747. The fraction of sp³-hybridized carbons (Fsp3) is 0.350. The fourth-order valence-corrected chi connectivity index (χ4v) is 4.47. The number of fused-ring (bicyclic) bond motifs is 3. The Morgan fingerprint density at radius 2 is 2.04 bits per heavy atom. The number of carbonyl (C=O) groups excluding carboxylic acids is 1. The summed E-state index contributed by atoms with van der Waals surface area (Å²) >= 11 is 0. The zero-order valence-electron chi connectivity index (χ0n) is 14.5. The van der Waals surface area contributed by atoms with Gasteiger partial charge in [0, 0.05) is 5.69 Å². The molecule has 3 aliphatic heterocycles. The number of carbonyl (C=O) groups is 1. The summed E-state index contributed by atoms with van der Waals surface area (Å²) in [5.41, 5.74) is 2.30. The number of rotatable bonds is 2. The lowest BCUT2D eigenvalue weighted by Crippen LogP contribution is -2.39. The zero-order chi connectivity index (χ0) is 17.7. The number of hydrogen-bond acceptors (Lipinski definition) is 5. The molecule has 1 saturated heterocycles. The number of hydrogen-bond donors (Lipinski definition) is 2. The Balaban J connectivity index is 1.66. The highest BCUT2D eigenvalue weighted by molar-refractivity contribution is 6.07. The predicted octanol–water partition coefficient (Wildman–Crippen LogP) is 2.39. The quantitative estimate of drug-likeness (QED) is 0.869. The first-order valence-electron chi connectivity index (χ1n) is 8.86. The van der Waals surface area contributed by atoms with Gasteiger partial charge in [0.25, 0.3) is 0 Å². The van der Waals surface area contributed by atoms with E-state index in [4.69, 9.17) is 14.2 Å². The third-order valence-corrected chi connectivity index (χ3v) is 5.61. The normalized spacial score (nSPS) is 25.9. The molecule has 0 aromatic heterocycles. The van der Waals surface area contributed by atoms with Gasteiger partial charge in [0.2, 0.25) is 11.7 Å². The van der Waals surface area contributed by atoms with Gasteiger partial charge in [0.05, 0.1) is 18.6 Å². The fourth-order valence-electron chi connectivity index (χ4n) is 4.47. The van der Waals surface area contributed by atoms with Crippen LogP contribution in [0.4, 0.5) is 5.69 Å². The Labute approximate surface area is 151 Å². The van der Waals surface area contributed by atoms with Crippen LogP contribution >= 0.6 is 0 Å². The van der Waals surface area contributed by atoms with Crippen LogP contribution in [0.3, 0.4) is 0 Å². The van der Waals surface area contributed by atoms with Gasteiger partial charge in [0.15, 0.2) is 11.5 Å². The van der Waals surface area contributed by atoms with Crippen LogP contribution < -0.4 is 24.8 Å². The Hall–Kier alpha value is -2.73. The van der Waals surface area contributed by atoms with E-state index < -0.39 is 5.41 Å². The lowest BCUT2D eigenvalue weighted by Gasteiger charge is -2.31. The van der Waals surface area contributed by atoms with Crippen molar-refractivity contribution in [2.75, 3.05) is 32.2 Å². The number of amides is 1. The van der Waals surface area contributed by atoms with Gasteiger partial charge in [-0.3, -0.25) is 4.79 Å². The second-order valence-electron chi connectivity index (χ2n) is 6.86. The maximum Gasteiger partial charge on any atom is 0.237 e. The first kappa shape index (κ1) is 15.5. The van der Waals surface area contributed by atoms with Gasteiger partial charge in [-0.1, -0.05) is 18.2 Å². The first-order chi connectivity index (χ1) is 12.7. The second-order valence-corrected chi connectivity index (χ2v) is 6.86. The number of anilines is 1. The van der Waals surface area contributed by atoms with Crippen LogP contribution in [0.2, 0.25) is 0 Å². The van der Waals surface area contributed by atoms with Crippen molar-refractivity contribution in [1.29, 1.82) is 0 Å². The molecule has 134 valence electrons. The Morgan fingerprint density at radius 3 is 2.92 bits per heavy atom. The predicted molar refractivity (Wildman–Crippen MR) is 96.1 cm³/mol. The summed E-state index contributed by atoms with van der Waals surface area (Å²) in [4.78, 5) is 13.0. The molecular weight excluding hydrogens is 332 g/mol. The van der Waals surface area contributed by atoms with Gasteiger partial charge in [-0.05, 0) is 42.3 Å². The van der Waals surface area contributed by atoms with E-state index in [0.29, 0.717) is 30.5 Å². The molecule has 26 heavy (non-hydrogen) atoms. The highest BCUT2D eigenvalue weighted by atomic mass is 16.6. The third kappa shape index (κ3) is 1.99. The van der Waals surface area contributed by atoms with E-state index >= 15 is 0 Å². The molecule has 2 aromatic rings. The molecule has 0 bridgehead atoms. The highest BCUT2D eigenvalue weighted by Gasteiger charge is 2.55. The lowest BCUT2D eigenvalue weighted by atomic mass is 9.73. The summed E-state index contributed by atoms with van der Waals surface area (Å²) in [7, 11) is 1.62. The van der Waals surface area contributed by atoms with Crippen molar-refractivity contribution < 1.29 is 19.0 Å². The number of methoxy groups -OCH3 is 1. The number of benzene rings is 2. The monoisotopic (exact) mass is 352 g/mol. The largest absolute Gasteiger partial charge is 0.493 e. The molecule has 0 saturated carbocycles. The molecule has 6 heteroatoms. The molecule has 2 aromatic carbocycles. The van der Waals surface area contributed by atoms with Crippen LogP contribution in [0.5, 0.6) is 17.2 Å². The summed E-state index contributed by atoms with van der Waals surface area (Å²) in [5, 5.41) is 6.58. The SMILES string of the molecule is COc1cc([C@H]2NCC[C@@]23C(=O)Nc2ccccc23)cc2c1OCCO2. The summed E-state index contributed by atoms with van der Waals surface area (Å²) < 4.78 is 17.0. The molecule has 5 rings (SSSR count). The lowest BCUT2D eigenvalue weighted by molar-refractivity contribution is -0.121. The molecule has 0 radical (unpaired) electrons. The smallest absolute Gasteiger partial charge is 0.237 e. The molecule has 1 fully saturated rings. The number of ether oxygens (including phenoxy) is 3. The molecule has 1 amide bonds. The molecule has 2 N–H and O–H groups in total. The van der Waals surface area contributed by atoms with Crippen molar-refractivity contribution >= 4 is 11.6 Å². The van der Waals surface area contributed by atoms with Crippen LogP contribution in [0.1, 0.15) is 23.6 Å². The van der Waals surface area contributed by atoms with Gasteiger partial charge in [0.1, 0.15) is 13.2 Å². The van der Waals surface area contributed by atoms with Crippen molar-refractivity contribution in [2.45, 2.75) is 17.9 Å². The van der Waals surface area contributed by atoms with Gasteiger partial charge in [-0.2, -0.15) is 0 Å². The Kier molecular flexibility index (Phi) is 3.37. The second kappa shape index (κ2) is 5.64. The van der Waals surface area contributed by atoms with Gasteiger partial charge in [-0.15, -0.1) is 0 Å². The average molecular weight is 352 g/mol. The molecule has 6 nitrogen and oxygen atoms in total.